The van der Waals surface area contributed by atoms with Gasteiger partial charge in [0.2, 0.25) is 0 Å². The molecule has 2 N–H and O–H groups in total. The molecule has 10 unspecified atom stereocenters. The number of aliphatic hydroxyl groups is 2. The molecule has 5 heteroatoms. The van der Waals surface area contributed by atoms with Crippen LogP contribution in [0.3, 0.4) is 0 Å². The number of carboxylic acid groups (broad SMARTS) is 1. The zero-order valence-electron chi connectivity index (χ0n) is 18.9. The van der Waals surface area contributed by atoms with Gasteiger partial charge < -0.3 is 20.1 Å². The number of aliphatic hydroxyl groups excluding tert-OH is 2. The number of carboxylic acids is 1. The van der Waals surface area contributed by atoms with Gasteiger partial charge in [-0.25, -0.2) is 0 Å². The smallest absolute Gasteiger partial charge is 0.550 e. The van der Waals surface area contributed by atoms with Crippen LogP contribution in [0.5, 0.6) is 0 Å². The Bertz CT molecular complexity index is 612. The predicted molar refractivity (Wildman–Crippen MR) is 106 cm³/mol. The number of hydrogen-bond donors (Lipinski definition) is 2. The Morgan fingerprint density at radius 1 is 1.00 bits per heavy atom. The van der Waals surface area contributed by atoms with Crippen molar-refractivity contribution in [3.63, 3.8) is 0 Å². The van der Waals surface area contributed by atoms with E-state index in [0.29, 0.717) is 29.6 Å². The third-order valence-electron chi connectivity index (χ3n) is 10.2. The van der Waals surface area contributed by atoms with Gasteiger partial charge in [-0.1, -0.05) is 20.8 Å². The number of carbonyl (C=O) groups excluding carboxylic acids is 1. The summed E-state index contributed by atoms with van der Waals surface area (Å²) in [5, 5.41) is 32.2. The second-order valence-electron chi connectivity index (χ2n) is 11.3. The van der Waals surface area contributed by atoms with Crippen molar-refractivity contribution in [3.05, 3.63) is 0 Å². The van der Waals surface area contributed by atoms with Gasteiger partial charge in [-0.2, -0.15) is 0 Å². The Balaban J connectivity index is 0.00000240. The molecular formula is C24H39NaO4. The molecule has 4 nitrogen and oxygen atoms in total. The van der Waals surface area contributed by atoms with Gasteiger partial charge in [0.05, 0.1) is 12.2 Å². The van der Waals surface area contributed by atoms with Gasteiger partial charge in [0.25, 0.3) is 0 Å². The summed E-state index contributed by atoms with van der Waals surface area (Å²) in [4.78, 5) is 10.9. The fraction of sp³-hybridized carbons (Fsp3) is 0.958. The topological polar surface area (TPSA) is 80.6 Å². The van der Waals surface area contributed by atoms with E-state index in [1.165, 1.54) is 25.7 Å². The Hall–Kier alpha value is 0.390. The minimum atomic E-state index is -0.927. The molecule has 4 aliphatic rings. The minimum Gasteiger partial charge on any atom is -0.550 e. The maximum Gasteiger partial charge on any atom is 1.00 e. The van der Waals surface area contributed by atoms with Crippen LogP contribution >= 0.6 is 0 Å². The molecule has 4 fully saturated rings. The van der Waals surface area contributed by atoms with E-state index in [-0.39, 0.29) is 64.9 Å². The van der Waals surface area contributed by atoms with Gasteiger partial charge in [0.1, 0.15) is 0 Å². The number of hydrogen-bond acceptors (Lipinski definition) is 4. The molecule has 0 aliphatic heterocycles. The van der Waals surface area contributed by atoms with Crippen LogP contribution in [-0.4, -0.2) is 28.4 Å². The summed E-state index contributed by atoms with van der Waals surface area (Å²) >= 11 is 0. The Labute approximate surface area is 198 Å². The monoisotopic (exact) mass is 414 g/mol. The molecule has 0 amide bonds. The van der Waals surface area contributed by atoms with Crippen molar-refractivity contribution in [2.45, 2.75) is 97.2 Å². The first-order valence-corrected chi connectivity index (χ1v) is 11.7. The Kier molecular flexibility index (Phi) is 7.24. The maximum absolute atomic E-state index is 11.1. The molecule has 4 saturated carbocycles. The summed E-state index contributed by atoms with van der Waals surface area (Å²) in [5.74, 6) is 2.25. The first-order chi connectivity index (χ1) is 13.2. The summed E-state index contributed by atoms with van der Waals surface area (Å²) in [6.07, 6.45) is 8.88. The van der Waals surface area contributed by atoms with E-state index in [1.54, 1.807) is 0 Å². The summed E-state index contributed by atoms with van der Waals surface area (Å²) in [5.41, 5.74) is 0.450. The van der Waals surface area contributed by atoms with Gasteiger partial charge in [-0.3, -0.25) is 0 Å². The van der Waals surface area contributed by atoms with E-state index in [2.05, 4.69) is 20.8 Å². The zero-order chi connectivity index (χ0) is 20.3. The largest absolute Gasteiger partial charge is 1.00 e. The van der Waals surface area contributed by atoms with Crippen molar-refractivity contribution in [2.75, 3.05) is 0 Å². The molecule has 10 atom stereocenters. The molecule has 0 radical (unpaired) electrons. The van der Waals surface area contributed by atoms with E-state index in [1.807, 2.05) is 0 Å². The van der Waals surface area contributed by atoms with E-state index in [9.17, 15) is 20.1 Å². The second kappa shape index (κ2) is 8.73. The van der Waals surface area contributed by atoms with Crippen molar-refractivity contribution in [1.29, 1.82) is 0 Å². The quantitative estimate of drug-likeness (QED) is 0.642. The van der Waals surface area contributed by atoms with Gasteiger partial charge in [-0.05, 0) is 111 Å². The molecule has 160 valence electrons. The van der Waals surface area contributed by atoms with Crippen LogP contribution < -0.4 is 34.7 Å². The summed E-state index contributed by atoms with van der Waals surface area (Å²) in [7, 11) is 0. The number of fused-ring (bicyclic) bond motifs is 5. The molecule has 0 aromatic rings. The fourth-order valence-corrected chi connectivity index (χ4v) is 8.80. The van der Waals surface area contributed by atoms with Crippen LogP contribution in [0.15, 0.2) is 0 Å². The molecule has 4 rings (SSSR count). The first kappa shape index (κ1) is 24.0. The van der Waals surface area contributed by atoms with Gasteiger partial charge in [0, 0.05) is 5.97 Å². The second-order valence-corrected chi connectivity index (χ2v) is 11.3. The van der Waals surface area contributed by atoms with E-state index in [4.69, 9.17) is 0 Å². The Morgan fingerprint density at radius 3 is 2.34 bits per heavy atom. The molecule has 0 bridgehead atoms. The molecule has 0 spiro atoms. The number of carbonyl (C=O) groups is 1. The fourth-order valence-electron chi connectivity index (χ4n) is 8.80. The third-order valence-corrected chi connectivity index (χ3v) is 10.2. The van der Waals surface area contributed by atoms with Crippen LogP contribution in [0, 0.1) is 46.3 Å². The first-order valence-electron chi connectivity index (χ1n) is 11.7. The van der Waals surface area contributed by atoms with Crippen LogP contribution in [0.25, 0.3) is 0 Å². The van der Waals surface area contributed by atoms with Gasteiger partial charge in [0.15, 0.2) is 0 Å². The van der Waals surface area contributed by atoms with Crippen molar-refractivity contribution in [1.82, 2.24) is 0 Å². The minimum absolute atomic E-state index is 0. The molecule has 29 heavy (non-hydrogen) atoms. The summed E-state index contributed by atoms with van der Waals surface area (Å²) in [6.45, 7) is 7.11. The maximum atomic E-state index is 11.1. The van der Waals surface area contributed by atoms with Crippen molar-refractivity contribution < 1.29 is 49.7 Å². The molecule has 0 saturated heterocycles. The predicted octanol–water partition coefficient (Wildman–Crippen LogP) is 0.147. The number of rotatable bonds is 4. The van der Waals surface area contributed by atoms with E-state index >= 15 is 0 Å². The molecule has 0 aromatic heterocycles. The standard InChI is InChI=1S/C24H40O4.Na/c1-14(4-7-22(27)28)17-5-6-18-16-13-21(26)20-12-15(25)8-10-24(20,3)19(16)9-11-23(17,18)2;/h14-21,25-26H,4-13H2,1-3H3,(H,27,28);/q;+1/p-1. The van der Waals surface area contributed by atoms with Crippen LogP contribution in [0.1, 0.15) is 85.0 Å². The Morgan fingerprint density at radius 2 is 1.66 bits per heavy atom. The zero-order valence-corrected chi connectivity index (χ0v) is 20.9. The molecule has 0 heterocycles. The van der Waals surface area contributed by atoms with Gasteiger partial charge in [-0.15, -0.1) is 0 Å². The van der Waals surface area contributed by atoms with Crippen LogP contribution in [0.4, 0.5) is 0 Å². The van der Waals surface area contributed by atoms with Crippen molar-refractivity contribution in [2.24, 2.45) is 46.3 Å². The van der Waals surface area contributed by atoms with E-state index < -0.39 is 5.97 Å². The molecule has 0 aromatic carbocycles. The molecule has 4 aliphatic carbocycles. The third kappa shape index (κ3) is 3.99. The molecular weight excluding hydrogens is 375 g/mol. The SMILES string of the molecule is CC(CCC(=O)[O-])C1CCC2C3CC(O)C4CC(O)CCC4(C)C3CCC12C.[Na+]. The van der Waals surface area contributed by atoms with Crippen LogP contribution in [-0.2, 0) is 4.79 Å². The summed E-state index contributed by atoms with van der Waals surface area (Å²) < 4.78 is 0. The van der Waals surface area contributed by atoms with Crippen molar-refractivity contribution >= 4 is 5.97 Å². The normalized spacial score (nSPS) is 49.9. The average Bonchev–Trinajstić information content (AvgIpc) is 2.99. The van der Waals surface area contributed by atoms with E-state index in [0.717, 1.165) is 32.1 Å². The van der Waals surface area contributed by atoms with Gasteiger partial charge >= 0.3 is 29.6 Å². The van der Waals surface area contributed by atoms with Crippen LogP contribution in [0.2, 0.25) is 0 Å². The number of aliphatic carboxylic acids is 1. The van der Waals surface area contributed by atoms with Crippen molar-refractivity contribution in [3.8, 4) is 0 Å². The summed E-state index contributed by atoms with van der Waals surface area (Å²) in [6, 6.07) is 0. The average molecular weight is 415 g/mol.